The molecule has 4 rings (SSSR count). The third-order valence-electron chi connectivity index (χ3n) is 5.50. The average molecular weight is 428 g/mol. The first-order valence-electron chi connectivity index (χ1n) is 9.97. The summed E-state index contributed by atoms with van der Waals surface area (Å²) in [6, 6.07) is 8.41. The van der Waals surface area contributed by atoms with Gasteiger partial charge in [0, 0.05) is 6.04 Å². The van der Waals surface area contributed by atoms with E-state index in [9.17, 15) is 9.59 Å². The molecule has 5 nitrogen and oxygen atoms in total. The minimum Gasteiger partial charge on any atom is -0.353 e. The number of nitrogens with zero attached hydrogens (tertiary/aromatic N) is 2. The van der Waals surface area contributed by atoms with Crippen LogP contribution >= 0.6 is 23.1 Å². The highest BCUT2D eigenvalue weighted by molar-refractivity contribution is 7.99. The standard InChI is InChI=1S/C22H25N3O2S2/c1-14-7-8-16(11-15(14)2)12-25-21(27)20-18(9-10-28-20)24-22(25)29-13-19(26)23-17-5-3-4-6-17/h7-11,17H,3-6,12-13H2,1-2H3,(H,23,26). The zero-order chi connectivity index (χ0) is 20.4. The van der Waals surface area contributed by atoms with Crippen LogP contribution in [0, 0.1) is 13.8 Å². The van der Waals surface area contributed by atoms with Crippen LogP contribution in [0.5, 0.6) is 0 Å². The molecule has 7 heteroatoms. The van der Waals surface area contributed by atoms with E-state index < -0.39 is 0 Å². The molecule has 1 aliphatic rings. The molecule has 1 saturated carbocycles. The number of carbonyl (C=O) groups is 1. The van der Waals surface area contributed by atoms with E-state index in [1.165, 1.54) is 47.1 Å². The van der Waals surface area contributed by atoms with E-state index in [4.69, 9.17) is 4.98 Å². The van der Waals surface area contributed by atoms with Crippen LogP contribution in [0.2, 0.25) is 0 Å². The average Bonchev–Trinajstić information content (AvgIpc) is 3.37. The highest BCUT2D eigenvalue weighted by Gasteiger charge is 2.19. The van der Waals surface area contributed by atoms with E-state index in [1.807, 2.05) is 11.4 Å². The first kappa shape index (κ1) is 20.2. The second kappa shape index (κ2) is 8.71. The molecule has 0 bridgehead atoms. The first-order valence-corrected chi connectivity index (χ1v) is 11.8. The number of hydrogen-bond acceptors (Lipinski definition) is 5. The molecule has 1 N–H and O–H groups in total. The van der Waals surface area contributed by atoms with E-state index >= 15 is 0 Å². The van der Waals surface area contributed by atoms with Crippen molar-refractivity contribution >= 4 is 39.2 Å². The number of fused-ring (bicyclic) bond motifs is 1. The quantitative estimate of drug-likeness (QED) is 0.471. The maximum Gasteiger partial charge on any atom is 0.272 e. The van der Waals surface area contributed by atoms with Crippen molar-refractivity contribution in [1.82, 2.24) is 14.9 Å². The SMILES string of the molecule is Cc1ccc(Cn2c(SCC(=O)NC3CCCC3)nc3ccsc3c2=O)cc1C. The topological polar surface area (TPSA) is 64.0 Å². The van der Waals surface area contributed by atoms with E-state index in [2.05, 4.69) is 37.4 Å². The zero-order valence-corrected chi connectivity index (χ0v) is 18.4. The van der Waals surface area contributed by atoms with Gasteiger partial charge >= 0.3 is 0 Å². The van der Waals surface area contributed by atoms with Gasteiger partial charge in [0.25, 0.3) is 5.56 Å². The monoisotopic (exact) mass is 427 g/mol. The molecule has 1 aromatic carbocycles. The minimum absolute atomic E-state index is 0.0132. The van der Waals surface area contributed by atoms with Crippen LogP contribution in [0.4, 0.5) is 0 Å². The summed E-state index contributed by atoms with van der Waals surface area (Å²) in [6.45, 7) is 4.60. The van der Waals surface area contributed by atoms with E-state index in [0.29, 0.717) is 28.0 Å². The van der Waals surface area contributed by atoms with Crippen molar-refractivity contribution in [2.75, 3.05) is 5.75 Å². The fourth-order valence-corrected chi connectivity index (χ4v) is 5.32. The van der Waals surface area contributed by atoms with E-state index in [1.54, 1.807) is 4.57 Å². The summed E-state index contributed by atoms with van der Waals surface area (Å²) in [5.74, 6) is 0.283. The summed E-state index contributed by atoms with van der Waals surface area (Å²) in [7, 11) is 0. The molecular formula is C22H25N3O2S2. The fourth-order valence-electron chi connectivity index (χ4n) is 3.73. The Kier molecular flexibility index (Phi) is 6.06. The number of hydrogen-bond donors (Lipinski definition) is 1. The van der Waals surface area contributed by atoms with E-state index in [-0.39, 0.29) is 17.2 Å². The third kappa shape index (κ3) is 4.56. The van der Waals surface area contributed by atoms with Crippen LogP contribution in [0.25, 0.3) is 10.2 Å². The van der Waals surface area contributed by atoms with E-state index in [0.717, 1.165) is 18.4 Å². The molecule has 1 aliphatic carbocycles. The summed E-state index contributed by atoms with van der Waals surface area (Å²) in [5.41, 5.74) is 4.15. The minimum atomic E-state index is -0.0399. The lowest BCUT2D eigenvalue weighted by Gasteiger charge is -2.14. The highest BCUT2D eigenvalue weighted by Crippen LogP contribution is 2.23. The van der Waals surface area contributed by atoms with Crippen molar-refractivity contribution in [2.45, 2.75) is 57.3 Å². The molecular weight excluding hydrogens is 402 g/mol. The van der Waals surface area contributed by atoms with Gasteiger partial charge in [0.2, 0.25) is 5.91 Å². The first-order chi connectivity index (χ1) is 14.0. The van der Waals surface area contributed by atoms with Gasteiger partial charge in [0.05, 0.1) is 17.8 Å². The predicted octanol–water partition coefficient (Wildman–Crippen LogP) is 4.27. The lowest BCUT2D eigenvalue weighted by atomic mass is 10.1. The lowest BCUT2D eigenvalue weighted by Crippen LogP contribution is -2.34. The van der Waals surface area contributed by atoms with Crippen molar-refractivity contribution in [1.29, 1.82) is 0 Å². The summed E-state index contributed by atoms with van der Waals surface area (Å²) >= 11 is 2.76. The fraction of sp³-hybridized carbons (Fsp3) is 0.409. The lowest BCUT2D eigenvalue weighted by molar-refractivity contribution is -0.119. The van der Waals surface area contributed by atoms with Gasteiger partial charge in [-0.3, -0.25) is 14.2 Å². The van der Waals surface area contributed by atoms with Crippen LogP contribution in [-0.4, -0.2) is 27.3 Å². The number of benzene rings is 1. The molecule has 2 heterocycles. The highest BCUT2D eigenvalue weighted by atomic mass is 32.2. The number of thioether (sulfide) groups is 1. The van der Waals surface area contributed by atoms with Gasteiger partial charge < -0.3 is 5.32 Å². The van der Waals surface area contributed by atoms with Gasteiger partial charge in [-0.25, -0.2) is 4.98 Å². The van der Waals surface area contributed by atoms with Crippen molar-refractivity contribution < 1.29 is 4.79 Å². The predicted molar refractivity (Wildman–Crippen MR) is 120 cm³/mol. The van der Waals surface area contributed by atoms with Gasteiger partial charge in [0.15, 0.2) is 5.16 Å². The van der Waals surface area contributed by atoms with Crippen LogP contribution in [0.1, 0.15) is 42.4 Å². The molecule has 1 amide bonds. The molecule has 1 fully saturated rings. The molecule has 0 saturated heterocycles. The number of thiophene rings is 1. The van der Waals surface area contributed by atoms with Gasteiger partial charge in [-0.05, 0) is 54.8 Å². The van der Waals surface area contributed by atoms with Crippen molar-refractivity contribution in [2.24, 2.45) is 0 Å². The Morgan fingerprint density at radius 3 is 2.79 bits per heavy atom. The van der Waals surface area contributed by atoms with Gasteiger partial charge in [0.1, 0.15) is 4.70 Å². The van der Waals surface area contributed by atoms with Crippen LogP contribution in [0.15, 0.2) is 39.6 Å². The Morgan fingerprint density at radius 1 is 1.24 bits per heavy atom. The summed E-state index contributed by atoms with van der Waals surface area (Å²) in [4.78, 5) is 30.2. The Balaban J connectivity index is 1.59. The molecule has 0 atom stereocenters. The molecule has 0 radical (unpaired) electrons. The van der Waals surface area contributed by atoms with Crippen LogP contribution in [0.3, 0.4) is 0 Å². The second-order valence-corrected chi connectivity index (χ2v) is 9.54. The van der Waals surface area contributed by atoms with Crippen molar-refractivity contribution in [3.05, 3.63) is 56.7 Å². The Morgan fingerprint density at radius 2 is 2.03 bits per heavy atom. The normalized spacial score (nSPS) is 14.6. The van der Waals surface area contributed by atoms with Crippen molar-refractivity contribution in [3.63, 3.8) is 0 Å². The number of aromatic nitrogens is 2. The Labute approximate surface area is 178 Å². The Hall–Kier alpha value is -2.12. The second-order valence-electron chi connectivity index (χ2n) is 7.68. The Bertz CT molecular complexity index is 1100. The maximum absolute atomic E-state index is 13.1. The number of aryl methyl sites for hydroxylation is 2. The largest absolute Gasteiger partial charge is 0.353 e. The molecule has 0 aliphatic heterocycles. The molecule has 29 heavy (non-hydrogen) atoms. The molecule has 3 aromatic rings. The molecule has 0 spiro atoms. The zero-order valence-electron chi connectivity index (χ0n) is 16.7. The van der Waals surface area contributed by atoms with Gasteiger partial charge in [-0.2, -0.15) is 0 Å². The summed E-state index contributed by atoms with van der Waals surface area (Å²) in [6.07, 6.45) is 4.49. The molecule has 0 unspecified atom stereocenters. The summed E-state index contributed by atoms with van der Waals surface area (Å²) in [5, 5.41) is 5.59. The third-order valence-corrected chi connectivity index (χ3v) is 7.36. The molecule has 152 valence electrons. The van der Waals surface area contributed by atoms with Gasteiger partial charge in [-0.15, -0.1) is 11.3 Å². The number of carbonyl (C=O) groups excluding carboxylic acids is 1. The van der Waals surface area contributed by atoms with Gasteiger partial charge in [-0.1, -0.05) is 42.8 Å². The number of nitrogens with one attached hydrogen (secondary N) is 1. The maximum atomic E-state index is 13.1. The summed E-state index contributed by atoms with van der Waals surface area (Å²) < 4.78 is 2.37. The number of rotatable bonds is 6. The molecule has 2 aromatic heterocycles. The smallest absolute Gasteiger partial charge is 0.272 e. The van der Waals surface area contributed by atoms with Crippen LogP contribution < -0.4 is 10.9 Å². The van der Waals surface area contributed by atoms with Crippen molar-refractivity contribution in [3.8, 4) is 0 Å². The van der Waals surface area contributed by atoms with Crippen LogP contribution in [-0.2, 0) is 11.3 Å². The number of amides is 1.